The number of hydrogen-bond acceptors (Lipinski definition) is 3. The molecule has 1 aromatic rings. The Labute approximate surface area is 115 Å². The molecule has 3 heteroatoms. The Hall–Kier alpha value is -1.51. The van der Waals surface area contributed by atoms with E-state index < -0.39 is 0 Å². The highest BCUT2D eigenvalue weighted by Crippen LogP contribution is 2.36. The molecule has 1 aliphatic heterocycles. The summed E-state index contributed by atoms with van der Waals surface area (Å²) in [7, 11) is 0. The molecule has 19 heavy (non-hydrogen) atoms. The molecule has 1 aromatic carbocycles. The van der Waals surface area contributed by atoms with Gasteiger partial charge in [-0.05, 0) is 37.3 Å². The molecular weight excluding hydrogens is 238 g/mol. The number of aromatic hydroxyl groups is 1. The lowest BCUT2D eigenvalue weighted by molar-refractivity contribution is 0.101. The van der Waals surface area contributed by atoms with E-state index in [1.165, 1.54) is 26.2 Å². The lowest BCUT2D eigenvalue weighted by Crippen LogP contribution is -2.38. The zero-order valence-corrected chi connectivity index (χ0v) is 12.1. The van der Waals surface area contributed by atoms with Gasteiger partial charge in [0.1, 0.15) is 5.75 Å². The molecule has 1 aliphatic rings. The number of nitrogens with zero attached hydrogens (tertiary/aromatic N) is 1. The molecule has 104 valence electrons. The van der Waals surface area contributed by atoms with Gasteiger partial charge in [0, 0.05) is 24.8 Å². The van der Waals surface area contributed by atoms with Gasteiger partial charge in [-0.1, -0.05) is 20.3 Å². The van der Waals surface area contributed by atoms with Gasteiger partial charge in [-0.25, -0.2) is 0 Å². The predicted octanol–water partition coefficient (Wildman–Crippen LogP) is 3.61. The van der Waals surface area contributed by atoms with E-state index >= 15 is 0 Å². The topological polar surface area (TPSA) is 40.5 Å². The van der Waals surface area contributed by atoms with Crippen molar-refractivity contribution in [1.29, 1.82) is 0 Å². The van der Waals surface area contributed by atoms with E-state index in [0.29, 0.717) is 11.0 Å². The highest BCUT2D eigenvalue weighted by molar-refractivity contribution is 5.97. The summed E-state index contributed by atoms with van der Waals surface area (Å²) in [6, 6.07) is 5.37. The first-order valence-electron chi connectivity index (χ1n) is 7.04. The summed E-state index contributed by atoms with van der Waals surface area (Å²) in [5.74, 6) is -0.00456. The number of rotatable bonds is 3. The molecule has 1 fully saturated rings. The van der Waals surface area contributed by atoms with Crippen LogP contribution in [0.1, 0.15) is 50.4 Å². The lowest BCUT2D eigenvalue weighted by Gasteiger charge is -2.40. The molecule has 0 atom stereocenters. The van der Waals surface area contributed by atoms with Crippen LogP contribution in [-0.4, -0.2) is 24.0 Å². The van der Waals surface area contributed by atoms with Crippen LogP contribution in [0.3, 0.4) is 0 Å². The number of carbonyl (C=O) groups is 1. The summed E-state index contributed by atoms with van der Waals surface area (Å²) in [5, 5.41) is 9.89. The highest BCUT2D eigenvalue weighted by Gasteiger charge is 2.28. The first kappa shape index (κ1) is 13.9. The fourth-order valence-electron chi connectivity index (χ4n) is 2.67. The van der Waals surface area contributed by atoms with Gasteiger partial charge in [-0.3, -0.25) is 4.79 Å². The van der Waals surface area contributed by atoms with Crippen LogP contribution >= 0.6 is 0 Å². The van der Waals surface area contributed by atoms with Crippen molar-refractivity contribution in [2.75, 3.05) is 18.0 Å². The molecule has 0 bridgehead atoms. The number of hydrogen-bond donors (Lipinski definition) is 1. The molecule has 0 unspecified atom stereocenters. The number of benzene rings is 1. The van der Waals surface area contributed by atoms with E-state index in [-0.39, 0.29) is 11.5 Å². The smallest absolute Gasteiger partial charge is 0.163 e. The number of ketones is 1. The van der Waals surface area contributed by atoms with Gasteiger partial charge < -0.3 is 10.0 Å². The molecule has 0 radical (unpaired) electrons. The maximum absolute atomic E-state index is 11.3. The molecule has 0 aliphatic carbocycles. The van der Waals surface area contributed by atoms with Crippen LogP contribution in [0.4, 0.5) is 5.69 Å². The Morgan fingerprint density at radius 2 is 2.00 bits per heavy atom. The fourth-order valence-corrected chi connectivity index (χ4v) is 2.67. The van der Waals surface area contributed by atoms with E-state index in [2.05, 4.69) is 18.7 Å². The monoisotopic (exact) mass is 261 g/mol. The van der Waals surface area contributed by atoms with Crippen molar-refractivity contribution in [3.05, 3.63) is 23.8 Å². The van der Waals surface area contributed by atoms with Crippen molar-refractivity contribution < 1.29 is 9.90 Å². The average molecular weight is 261 g/mol. The highest BCUT2D eigenvalue weighted by atomic mass is 16.3. The fraction of sp³-hybridized carbons (Fsp3) is 0.562. The van der Waals surface area contributed by atoms with Gasteiger partial charge in [-0.15, -0.1) is 0 Å². The summed E-state index contributed by atoms with van der Waals surface area (Å²) in [5.41, 5.74) is 1.87. The molecule has 0 spiro atoms. The SMILES string of the molecule is CCC1(C)CCN(c2ccc(C(C)=O)c(O)c2)CC1. The molecule has 1 N–H and O–H groups in total. The van der Waals surface area contributed by atoms with Gasteiger partial charge in [0.2, 0.25) is 0 Å². The van der Waals surface area contributed by atoms with Crippen molar-refractivity contribution in [2.45, 2.75) is 40.0 Å². The summed E-state index contributed by atoms with van der Waals surface area (Å²) in [6.07, 6.45) is 3.58. The van der Waals surface area contributed by atoms with Crippen molar-refractivity contribution >= 4 is 11.5 Å². The van der Waals surface area contributed by atoms with Crippen molar-refractivity contribution in [3.8, 4) is 5.75 Å². The molecular formula is C16H23NO2. The Kier molecular flexibility index (Phi) is 3.83. The van der Waals surface area contributed by atoms with Gasteiger partial charge >= 0.3 is 0 Å². The molecule has 1 saturated heterocycles. The standard InChI is InChI=1S/C16H23NO2/c1-4-16(3)7-9-17(10-8-16)13-5-6-14(12(2)18)15(19)11-13/h5-6,11,19H,4,7-10H2,1-3H3. The first-order valence-corrected chi connectivity index (χ1v) is 7.04. The van der Waals surface area contributed by atoms with Crippen molar-refractivity contribution in [1.82, 2.24) is 0 Å². The number of piperidine rings is 1. The van der Waals surface area contributed by atoms with Crippen LogP contribution in [0.5, 0.6) is 5.75 Å². The minimum Gasteiger partial charge on any atom is -0.507 e. The number of phenolic OH excluding ortho intramolecular Hbond substituents is 1. The number of anilines is 1. The molecule has 3 nitrogen and oxygen atoms in total. The predicted molar refractivity (Wildman–Crippen MR) is 78.0 cm³/mol. The van der Waals surface area contributed by atoms with E-state index in [1.807, 2.05) is 6.07 Å². The molecule has 1 heterocycles. The van der Waals surface area contributed by atoms with Crippen LogP contribution in [0.15, 0.2) is 18.2 Å². The summed E-state index contributed by atoms with van der Waals surface area (Å²) >= 11 is 0. The van der Waals surface area contributed by atoms with E-state index in [0.717, 1.165) is 18.8 Å². The van der Waals surface area contributed by atoms with Gasteiger partial charge in [0.05, 0.1) is 5.56 Å². The minimum atomic E-state index is -0.0961. The van der Waals surface area contributed by atoms with Crippen molar-refractivity contribution in [3.63, 3.8) is 0 Å². The average Bonchev–Trinajstić information content (AvgIpc) is 2.39. The van der Waals surface area contributed by atoms with Gasteiger partial charge in [0.15, 0.2) is 5.78 Å². The molecule has 0 aromatic heterocycles. The Morgan fingerprint density at radius 1 is 1.37 bits per heavy atom. The number of Topliss-reactive ketones (excluding diaryl/α,β-unsaturated/α-hetero) is 1. The van der Waals surface area contributed by atoms with E-state index in [9.17, 15) is 9.90 Å². The molecule has 2 rings (SSSR count). The zero-order valence-electron chi connectivity index (χ0n) is 12.1. The van der Waals surface area contributed by atoms with Crippen LogP contribution in [-0.2, 0) is 0 Å². The summed E-state index contributed by atoms with van der Waals surface area (Å²) in [4.78, 5) is 13.6. The van der Waals surface area contributed by atoms with Gasteiger partial charge in [0.25, 0.3) is 0 Å². The first-order chi connectivity index (χ1) is 8.95. The van der Waals surface area contributed by atoms with Crippen LogP contribution in [0.2, 0.25) is 0 Å². The second-order valence-corrected chi connectivity index (χ2v) is 5.91. The number of phenols is 1. The van der Waals surface area contributed by atoms with Crippen LogP contribution in [0, 0.1) is 5.41 Å². The number of carbonyl (C=O) groups excluding carboxylic acids is 1. The minimum absolute atomic E-state index is 0.0915. The normalized spacial score (nSPS) is 18.4. The second kappa shape index (κ2) is 5.24. The third-order valence-corrected chi connectivity index (χ3v) is 4.55. The maximum Gasteiger partial charge on any atom is 0.163 e. The van der Waals surface area contributed by atoms with E-state index in [1.54, 1.807) is 12.1 Å². The third-order valence-electron chi connectivity index (χ3n) is 4.55. The Bertz CT molecular complexity index is 474. The Morgan fingerprint density at radius 3 is 2.47 bits per heavy atom. The molecule has 0 saturated carbocycles. The quantitative estimate of drug-likeness (QED) is 0.845. The zero-order chi connectivity index (χ0) is 14.0. The summed E-state index contributed by atoms with van der Waals surface area (Å²) in [6.45, 7) is 8.11. The largest absolute Gasteiger partial charge is 0.507 e. The third kappa shape index (κ3) is 2.91. The van der Waals surface area contributed by atoms with E-state index in [4.69, 9.17) is 0 Å². The lowest BCUT2D eigenvalue weighted by atomic mass is 9.78. The summed E-state index contributed by atoms with van der Waals surface area (Å²) < 4.78 is 0. The van der Waals surface area contributed by atoms with Gasteiger partial charge in [-0.2, -0.15) is 0 Å². The maximum atomic E-state index is 11.3. The van der Waals surface area contributed by atoms with Crippen LogP contribution in [0.25, 0.3) is 0 Å². The Balaban J connectivity index is 2.12. The van der Waals surface area contributed by atoms with Crippen LogP contribution < -0.4 is 4.90 Å². The second-order valence-electron chi connectivity index (χ2n) is 5.91. The molecule has 0 amide bonds. The van der Waals surface area contributed by atoms with Crippen molar-refractivity contribution in [2.24, 2.45) is 5.41 Å².